The van der Waals surface area contributed by atoms with E-state index in [1.807, 2.05) is 66.9 Å². The molecule has 0 fully saturated rings. The van der Waals surface area contributed by atoms with Crippen LogP contribution in [0.4, 0.5) is 4.39 Å². The van der Waals surface area contributed by atoms with Crippen LogP contribution in [0.15, 0.2) is 102 Å². The molecule has 0 aliphatic carbocycles. The maximum atomic E-state index is 13.2. The Morgan fingerprint density at radius 2 is 1.68 bits per heavy atom. The van der Waals surface area contributed by atoms with Crippen molar-refractivity contribution in [1.29, 1.82) is 5.26 Å². The molecule has 0 N–H and O–H groups in total. The average Bonchev–Trinajstić information content (AvgIpc) is 3.40. The number of hydrogen-bond donors (Lipinski definition) is 0. The quantitative estimate of drug-likeness (QED) is 0.219. The van der Waals surface area contributed by atoms with E-state index in [0.717, 1.165) is 21.7 Å². The van der Waals surface area contributed by atoms with Gasteiger partial charge in [-0.3, -0.25) is 14.5 Å². The monoisotopic (exact) mass is 532 g/mol. The summed E-state index contributed by atoms with van der Waals surface area (Å²) in [6.45, 7) is 3.76. The molecule has 3 aromatic carbocycles. The molecule has 0 atom stereocenters. The summed E-state index contributed by atoms with van der Waals surface area (Å²) < 4.78 is 20.8. The molecule has 2 amide bonds. The lowest BCUT2D eigenvalue weighted by atomic mass is 9.93. The summed E-state index contributed by atoms with van der Waals surface area (Å²) in [5.74, 6) is -0.701. The first-order valence-electron chi connectivity index (χ1n) is 12.7. The molecule has 0 saturated carbocycles. The van der Waals surface area contributed by atoms with Gasteiger partial charge < -0.3 is 4.74 Å². The molecule has 0 unspecified atom stereocenters. The summed E-state index contributed by atoms with van der Waals surface area (Å²) in [4.78, 5) is 27.0. The Morgan fingerprint density at radius 3 is 2.33 bits per heavy atom. The summed E-state index contributed by atoms with van der Waals surface area (Å²) in [6, 6.07) is 25.0. The van der Waals surface area contributed by atoms with Crippen LogP contribution in [0.2, 0.25) is 0 Å². The number of hydrogen-bond acceptors (Lipinski definition) is 5. The van der Waals surface area contributed by atoms with Crippen molar-refractivity contribution in [3.8, 4) is 28.8 Å². The van der Waals surface area contributed by atoms with Gasteiger partial charge in [-0.05, 0) is 79.6 Å². The predicted octanol–water partition coefficient (Wildman–Crippen LogP) is 5.87. The Hall–Kier alpha value is -5.29. The number of halogens is 1. The molecule has 7 nitrogen and oxygen atoms in total. The maximum absolute atomic E-state index is 13.2. The van der Waals surface area contributed by atoms with Crippen molar-refractivity contribution in [1.82, 2.24) is 14.7 Å². The molecule has 5 rings (SSSR count). The number of amides is 2. The molecular formula is C32H25FN4O3. The second-order valence-corrected chi connectivity index (χ2v) is 9.18. The minimum atomic E-state index is -0.582. The van der Waals surface area contributed by atoms with E-state index < -0.39 is 11.8 Å². The molecule has 4 aromatic rings. The Morgan fingerprint density at radius 1 is 0.975 bits per heavy atom. The third-order valence-electron chi connectivity index (χ3n) is 6.65. The molecule has 8 heteroatoms. The molecule has 2 heterocycles. The highest BCUT2D eigenvalue weighted by Crippen LogP contribution is 2.32. The minimum Gasteiger partial charge on any atom is -0.489 e. The van der Waals surface area contributed by atoms with Gasteiger partial charge in [-0.1, -0.05) is 30.3 Å². The highest BCUT2D eigenvalue weighted by molar-refractivity contribution is 6.19. The lowest BCUT2D eigenvalue weighted by molar-refractivity contribution is -0.140. The first kappa shape index (κ1) is 26.3. The molecule has 1 aromatic heterocycles. The van der Waals surface area contributed by atoms with Crippen molar-refractivity contribution >= 4 is 17.9 Å². The first-order chi connectivity index (χ1) is 19.4. The van der Waals surface area contributed by atoms with E-state index in [4.69, 9.17) is 9.84 Å². The third-order valence-corrected chi connectivity index (χ3v) is 6.65. The van der Waals surface area contributed by atoms with Gasteiger partial charge in [0, 0.05) is 29.4 Å². The van der Waals surface area contributed by atoms with Crippen LogP contribution in [0.5, 0.6) is 5.75 Å². The molecule has 40 heavy (non-hydrogen) atoms. The second-order valence-electron chi connectivity index (χ2n) is 9.18. The Kier molecular flexibility index (Phi) is 7.38. The number of para-hydroxylation sites is 1. The Bertz CT molecular complexity index is 1680. The largest absolute Gasteiger partial charge is 0.489 e. The number of carbonyl (C=O) groups excluding carboxylic acids is 2. The van der Waals surface area contributed by atoms with Crippen LogP contribution in [0.25, 0.3) is 23.0 Å². The lowest BCUT2D eigenvalue weighted by Gasteiger charge is -2.26. The SMILES string of the molecule is CCN1C(=O)C(C#N)=C(C)/C(=C\c2cn(-c3ccccc3)nc2-c2ccc(OCc3ccc(F)cc3)cc2)C1=O. The van der Waals surface area contributed by atoms with Gasteiger partial charge in [0.2, 0.25) is 0 Å². The molecule has 0 bridgehead atoms. The van der Waals surface area contributed by atoms with Gasteiger partial charge >= 0.3 is 0 Å². The van der Waals surface area contributed by atoms with Crippen LogP contribution in [-0.2, 0) is 16.2 Å². The highest BCUT2D eigenvalue weighted by Gasteiger charge is 2.34. The summed E-state index contributed by atoms with van der Waals surface area (Å²) in [5, 5.41) is 14.4. The number of aromatic nitrogens is 2. The number of nitrogens with zero attached hydrogens (tertiary/aromatic N) is 4. The average molecular weight is 533 g/mol. The van der Waals surface area contributed by atoms with E-state index in [1.165, 1.54) is 12.1 Å². The van der Waals surface area contributed by atoms with Crippen molar-refractivity contribution in [2.75, 3.05) is 6.54 Å². The highest BCUT2D eigenvalue weighted by atomic mass is 19.1. The number of likely N-dealkylation sites (N-methyl/N-ethyl adjacent to an activating group) is 1. The van der Waals surface area contributed by atoms with E-state index >= 15 is 0 Å². The van der Waals surface area contributed by atoms with Crippen molar-refractivity contribution in [2.24, 2.45) is 0 Å². The van der Waals surface area contributed by atoms with E-state index in [0.29, 0.717) is 29.2 Å². The summed E-state index contributed by atoms with van der Waals surface area (Å²) in [6.07, 6.45) is 3.50. The van der Waals surface area contributed by atoms with Crippen LogP contribution >= 0.6 is 0 Å². The van der Waals surface area contributed by atoms with E-state index in [9.17, 15) is 19.2 Å². The van der Waals surface area contributed by atoms with Crippen LogP contribution in [0, 0.1) is 17.1 Å². The topological polar surface area (TPSA) is 88.2 Å². The molecule has 0 spiro atoms. The van der Waals surface area contributed by atoms with Crippen molar-refractivity contribution in [3.05, 3.63) is 119 Å². The van der Waals surface area contributed by atoms with Gasteiger partial charge in [-0.25, -0.2) is 9.07 Å². The normalized spacial score (nSPS) is 14.6. The standard InChI is InChI=1S/C32H25FN4O3/c1-3-36-31(38)28(21(2)29(18-34)32(36)39)17-24-19-37(26-7-5-4-6-8-26)35-30(24)23-11-15-27(16-12-23)40-20-22-9-13-25(33)14-10-22/h4-17,19H,3,20H2,1-2H3/b28-17+. The van der Waals surface area contributed by atoms with Crippen molar-refractivity contribution in [3.63, 3.8) is 0 Å². The zero-order chi connectivity index (χ0) is 28.2. The fraction of sp³-hybridized carbons (Fsp3) is 0.125. The Balaban J connectivity index is 1.53. The number of benzene rings is 3. The van der Waals surface area contributed by atoms with Gasteiger partial charge in [0.15, 0.2) is 0 Å². The fourth-order valence-electron chi connectivity index (χ4n) is 4.46. The first-order valence-corrected chi connectivity index (χ1v) is 12.7. The molecule has 1 aliphatic rings. The van der Waals surface area contributed by atoms with Gasteiger partial charge in [0.25, 0.3) is 11.8 Å². The number of carbonyl (C=O) groups is 2. The summed E-state index contributed by atoms with van der Waals surface area (Å²) in [5.41, 5.74) is 4.28. The molecular weight excluding hydrogens is 507 g/mol. The number of rotatable bonds is 7. The van der Waals surface area contributed by atoms with Crippen LogP contribution in [-0.4, -0.2) is 33.0 Å². The fourth-order valence-corrected chi connectivity index (χ4v) is 4.46. The minimum absolute atomic E-state index is 0.0487. The van der Waals surface area contributed by atoms with Crippen LogP contribution in [0.3, 0.4) is 0 Å². The van der Waals surface area contributed by atoms with Gasteiger partial charge in [-0.2, -0.15) is 10.4 Å². The maximum Gasteiger partial charge on any atom is 0.271 e. The van der Waals surface area contributed by atoms with Gasteiger partial charge in [-0.15, -0.1) is 0 Å². The van der Waals surface area contributed by atoms with E-state index in [2.05, 4.69) is 0 Å². The molecule has 0 saturated heterocycles. The van der Waals surface area contributed by atoms with E-state index in [-0.39, 0.29) is 23.5 Å². The van der Waals surface area contributed by atoms with Crippen molar-refractivity contribution < 1.29 is 18.7 Å². The Labute approximate surface area is 231 Å². The molecule has 0 radical (unpaired) electrons. The van der Waals surface area contributed by atoms with Crippen molar-refractivity contribution in [2.45, 2.75) is 20.5 Å². The van der Waals surface area contributed by atoms with Crippen LogP contribution < -0.4 is 4.74 Å². The summed E-state index contributed by atoms with van der Waals surface area (Å²) >= 11 is 0. The third kappa shape index (κ3) is 5.18. The number of imide groups is 1. The van der Waals surface area contributed by atoms with Gasteiger partial charge in [0.05, 0.1) is 11.4 Å². The number of nitriles is 1. The lowest BCUT2D eigenvalue weighted by Crippen LogP contribution is -2.42. The zero-order valence-electron chi connectivity index (χ0n) is 22.0. The number of ether oxygens (including phenoxy) is 1. The van der Waals surface area contributed by atoms with Gasteiger partial charge in [0.1, 0.15) is 29.8 Å². The summed E-state index contributed by atoms with van der Waals surface area (Å²) in [7, 11) is 0. The van der Waals surface area contributed by atoms with E-state index in [1.54, 1.807) is 36.7 Å². The second kappa shape index (κ2) is 11.2. The smallest absolute Gasteiger partial charge is 0.271 e. The zero-order valence-corrected chi connectivity index (χ0v) is 22.0. The predicted molar refractivity (Wildman–Crippen MR) is 148 cm³/mol. The molecule has 198 valence electrons. The van der Waals surface area contributed by atoms with Crippen LogP contribution in [0.1, 0.15) is 25.0 Å². The molecule has 1 aliphatic heterocycles.